The van der Waals surface area contributed by atoms with E-state index in [-0.39, 0.29) is 23.5 Å². The fraction of sp³-hybridized carbons (Fsp3) is 0.222. The van der Waals surface area contributed by atoms with E-state index in [1.165, 1.54) is 29.9 Å². The molecule has 1 aromatic carbocycles. The van der Waals surface area contributed by atoms with Crippen molar-refractivity contribution in [2.45, 2.75) is 25.8 Å². The maximum atomic E-state index is 11.4. The van der Waals surface area contributed by atoms with Gasteiger partial charge in [-0.15, -0.1) is 5.10 Å². The predicted molar refractivity (Wildman–Crippen MR) is 100 cm³/mol. The van der Waals surface area contributed by atoms with Crippen molar-refractivity contribution in [2.24, 2.45) is 0 Å². The number of hydrogen-bond acceptors (Lipinski definition) is 7. The molecule has 10 heteroatoms. The predicted octanol–water partition coefficient (Wildman–Crippen LogP) is 2.44. The molecule has 0 radical (unpaired) electrons. The maximum absolute atomic E-state index is 11.4. The van der Waals surface area contributed by atoms with Crippen LogP contribution in [-0.4, -0.2) is 30.8 Å². The van der Waals surface area contributed by atoms with Crippen LogP contribution in [0.3, 0.4) is 0 Å². The van der Waals surface area contributed by atoms with Crippen LogP contribution in [0.2, 0.25) is 0 Å². The van der Waals surface area contributed by atoms with Crippen molar-refractivity contribution in [3.05, 3.63) is 64.0 Å². The van der Waals surface area contributed by atoms with Gasteiger partial charge in [-0.05, 0) is 42.2 Å². The van der Waals surface area contributed by atoms with Crippen LogP contribution in [-0.2, 0) is 11.2 Å². The number of aryl methyl sites for hydroxylation is 1. The maximum Gasteiger partial charge on any atom is 0.311 e. The minimum absolute atomic E-state index is 0.00431. The Labute approximate surface area is 159 Å². The Balaban J connectivity index is 1.64. The van der Waals surface area contributed by atoms with Crippen LogP contribution >= 0.6 is 0 Å². The van der Waals surface area contributed by atoms with Gasteiger partial charge in [-0.2, -0.15) is 0 Å². The number of nitrogens with zero attached hydrogens (tertiary/aromatic N) is 5. The molecule has 0 bridgehead atoms. The van der Waals surface area contributed by atoms with Crippen LogP contribution in [0.4, 0.5) is 17.2 Å². The van der Waals surface area contributed by atoms with Crippen molar-refractivity contribution in [3.8, 4) is 5.82 Å². The summed E-state index contributed by atoms with van der Waals surface area (Å²) < 4.78 is 1.43. The first kappa shape index (κ1) is 17.6. The number of hydrogen-bond donors (Lipinski definition) is 2. The van der Waals surface area contributed by atoms with Gasteiger partial charge in [0.1, 0.15) is 0 Å². The molecule has 0 aliphatic heterocycles. The summed E-state index contributed by atoms with van der Waals surface area (Å²) >= 11 is 0. The number of benzene rings is 1. The van der Waals surface area contributed by atoms with E-state index in [0.717, 1.165) is 24.0 Å². The highest BCUT2D eigenvalue weighted by Crippen LogP contribution is 2.34. The number of nitro groups is 1. The Bertz CT molecular complexity index is 1050. The molecule has 10 nitrogen and oxygen atoms in total. The van der Waals surface area contributed by atoms with Crippen molar-refractivity contribution < 1.29 is 9.72 Å². The molecule has 1 aliphatic carbocycles. The van der Waals surface area contributed by atoms with E-state index in [1.54, 1.807) is 6.20 Å². The van der Waals surface area contributed by atoms with Gasteiger partial charge in [0.05, 0.1) is 23.4 Å². The lowest BCUT2D eigenvalue weighted by atomic mass is 10.1. The minimum Gasteiger partial charge on any atom is -0.350 e. The Kier molecular flexibility index (Phi) is 4.44. The van der Waals surface area contributed by atoms with Gasteiger partial charge in [-0.3, -0.25) is 14.9 Å². The second-order valence-corrected chi connectivity index (χ2v) is 6.47. The van der Waals surface area contributed by atoms with E-state index < -0.39 is 4.92 Å². The summed E-state index contributed by atoms with van der Waals surface area (Å²) in [5.74, 6) is 0.469. The summed E-state index contributed by atoms with van der Waals surface area (Å²) in [7, 11) is 0. The second-order valence-electron chi connectivity index (χ2n) is 6.47. The summed E-state index contributed by atoms with van der Waals surface area (Å²) in [6, 6.07) is 8.59. The standard InChI is InChI=1S/C18H17N7O3/c1-11(26)20-15-5-2-12-10-13(3-4-14(12)15)21-18-16(25(27)28)6-7-17(22-18)24-9-8-19-23-24/h3-4,6-10,15H,2,5H2,1H3,(H,20,26)(H,21,22)/t15-/m0/s1. The molecule has 1 aliphatic rings. The van der Waals surface area contributed by atoms with Gasteiger partial charge in [0.15, 0.2) is 5.82 Å². The van der Waals surface area contributed by atoms with Crippen LogP contribution in [0.5, 0.6) is 0 Å². The van der Waals surface area contributed by atoms with Gasteiger partial charge in [0, 0.05) is 18.7 Å². The number of amides is 1. The third-order valence-electron chi connectivity index (χ3n) is 4.57. The van der Waals surface area contributed by atoms with Gasteiger partial charge < -0.3 is 10.6 Å². The molecule has 0 fully saturated rings. The number of pyridine rings is 1. The highest BCUT2D eigenvalue weighted by atomic mass is 16.6. The number of carbonyl (C=O) groups is 1. The Morgan fingerprint density at radius 3 is 2.89 bits per heavy atom. The Morgan fingerprint density at radius 1 is 1.32 bits per heavy atom. The SMILES string of the molecule is CC(=O)N[C@H]1CCc2cc(Nc3nc(-n4ccnn4)ccc3[N+](=O)[O-])ccc21. The quantitative estimate of drug-likeness (QED) is 0.515. The van der Waals surface area contributed by atoms with Crippen LogP contribution in [0.1, 0.15) is 30.5 Å². The molecule has 0 spiro atoms. The molecule has 3 aromatic rings. The molecular formula is C18H17N7O3. The topological polar surface area (TPSA) is 128 Å². The average molecular weight is 379 g/mol. The van der Waals surface area contributed by atoms with Crippen LogP contribution in [0.25, 0.3) is 5.82 Å². The summed E-state index contributed by atoms with van der Waals surface area (Å²) in [6.45, 7) is 1.50. The average Bonchev–Trinajstić information content (AvgIpc) is 3.31. The first-order valence-corrected chi connectivity index (χ1v) is 8.70. The fourth-order valence-corrected chi connectivity index (χ4v) is 3.37. The van der Waals surface area contributed by atoms with Gasteiger partial charge in [0.2, 0.25) is 11.7 Å². The number of aromatic nitrogens is 4. The van der Waals surface area contributed by atoms with Crippen LogP contribution in [0.15, 0.2) is 42.7 Å². The van der Waals surface area contributed by atoms with Crippen molar-refractivity contribution in [1.82, 2.24) is 25.3 Å². The Morgan fingerprint density at radius 2 is 2.18 bits per heavy atom. The molecule has 0 saturated heterocycles. The second kappa shape index (κ2) is 7.06. The summed E-state index contributed by atoms with van der Waals surface area (Å²) in [5, 5.41) is 25.0. The molecule has 1 amide bonds. The van der Waals surface area contributed by atoms with Gasteiger partial charge in [-0.25, -0.2) is 9.67 Å². The van der Waals surface area contributed by atoms with E-state index in [9.17, 15) is 14.9 Å². The van der Waals surface area contributed by atoms with E-state index in [0.29, 0.717) is 11.5 Å². The number of anilines is 2. The van der Waals surface area contributed by atoms with E-state index in [4.69, 9.17) is 0 Å². The van der Waals surface area contributed by atoms with Crippen molar-refractivity contribution in [1.29, 1.82) is 0 Å². The largest absolute Gasteiger partial charge is 0.350 e. The van der Waals surface area contributed by atoms with E-state index >= 15 is 0 Å². The normalized spacial score (nSPS) is 15.1. The summed E-state index contributed by atoms with van der Waals surface area (Å²) in [6.07, 6.45) is 4.76. The third kappa shape index (κ3) is 3.39. The molecule has 0 unspecified atom stereocenters. The summed E-state index contributed by atoms with van der Waals surface area (Å²) in [4.78, 5) is 26.6. The minimum atomic E-state index is -0.485. The molecule has 2 heterocycles. The highest BCUT2D eigenvalue weighted by Gasteiger charge is 2.24. The third-order valence-corrected chi connectivity index (χ3v) is 4.57. The molecule has 142 valence electrons. The molecular weight excluding hydrogens is 362 g/mol. The Hall–Kier alpha value is -3.82. The molecule has 2 aromatic heterocycles. The fourth-order valence-electron chi connectivity index (χ4n) is 3.37. The number of rotatable bonds is 5. The zero-order chi connectivity index (χ0) is 19.7. The van der Waals surface area contributed by atoms with Crippen molar-refractivity contribution in [2.75, 3.05) is 5.32 Å². The molecule has 2 N–H and O–H groups in total. The zero-order valence-corrected chi connectivity index (χ0v) is 15.0. The highest BCUT2D eigenvalue weighted by molar-refractivity contribution is 5.74. The van der Waals surface area contributed by atoms with Crippen LogP contribution < -0.4 is 10.6 Å². The molecule has 1 atom stereocenters. The van der Waals surface area contributed by atoms with E-state index in [2.05, 4.69) is 25.9 Å². The van der Waals surface area contributed by atoms with Crippen LogP contribution in [0, 0.1) is 10.1 Å². The molecule has 28 heavy (non-hydrogen) atoms. The van der Waals surface area contributed by atoms with Crippen molar-refractivity contribution >= 4 is 23.1 Å². The lowest BCUT2D eigenvalue weighted by Crippen LogP contribution is -2.24. The summed E-state index contributed by atoms with van der Waals surface area (Å²) in [5.41, 5.74) is 2.72. The number of nitrogens with one attached hydrogen (secondary N) is 2. The zero-order valence-electron chi connectivity index (χ0n) is 15.0. The van der Waals surface area contributed by atoms with Gasteiger partial charge in [0.25, 0.3) is 0 Å². The smallest absolute Gasteiger partial charge is 0.311 e. The first-order valence-electron chi connectivity index (χ1n) is 8.70. The number of fused-ring (bicyclic) bond motifs is 1. The number of carbonyl (C=O) groups excluding carboxylic acids is 1. The van der Waals surface area contributed by atoms with Crippen molar-refractivity contribution in [3.63, 3.8) is 0 Å². The van der Waals surface area contributed by atoms with Gasteiger partial charge >= 0.3 is 5.69 Å². The monoisotopic (exact) mass is 379 g/mol. The van der Waals surface area contributed by atoms with Gasteiger partial charge in [-0.1, -0.05) is 11.3 Å². The van der Waals surface area contributed by atoms with E-state index in [1.807, 2.05) is 18.2 Å². The molecule has 0 saturated carbocycles. The molecule has 4 rings (SSSR count). The first-order chi connectivity index (χ1) is 13.5. The lowest BCUT2D eigenvalue weighted by Gasteiger charge is -2.13. The lowest BCUT2D eigenvalue weighted by molar-refractivity contribution is -0.384.